The molecule has 0 spiro atoms. The highest BCUT2D eigenvalue weighted by Gasteiger charge is 2.40. The van der Waals surface area contributed by atoms with Crippen LogP contribution in [0.4, 0.5) is 0 Å². The van der Waals surface area contributed by atoms with Crippen LogP contribution in [0.5, 0.6) is 0 Å². The molecule has 1 aromatic rings. The van der Waals surface area contributed by atoms with Crippen LogP contribution in [-0.2, 0) is 16.0 Å². The van der Waals surface area contributed by atoms with E-state index in [4.69, 9.17) is 0 Å². The molecular weight excluding hydrogens is 264 g/mol. The Labute approximate surface area is 126 Å². The standard InChI is InChI=1S/C17H24N2O2/c1-3-17(2)16(21)19(13-15(20)18-17)12-8-7-11-14-9-5-4-6-10-14/h4-6,9-10H,3,7-8,11-13H2,1-2H3,(H,18,20). The van der Waals surface area contributed by atoms with Gasteiger partial charge in [-0.2, -0.15) is 0 Å². The number of rotatable bonds is 6. The van der Waals surface area contributed by atoms with Crippen LogP contribution in [0.1, 0.15) is 38.7 Å². The zero-order chi connectivity index (χ0) is 15.3. The molecule has 1 unspecified atom stereocenters. The minimum atomic E-state index is -0.727. The van der Waals surface area contributed by atoms with Crippen molar-refractivity contribution in [3.8, 4) is 0 Å². The molecule has 1 N–H and O–H groups in total. The van der Waals surface area contributed by atoms with Crippen LogP contribution in [0.15, 0.2) is 30.3 Å². The van der Waals surface area contributed by atoms with Gasteiger partial charge in [0.05, 0.1) is 6.54 Å². The molecule has 1 atom stereocenters. The van der Waals surface area contributed by atoms with Gasteiger partial charge in [-0.1, -0.05) is 37.3 Å². The Bertz CT molecular complexity index is 501. The molecule has 1 heterocycles. The Balaban J connectivity index is 1.82. The molecule has 4 nitrogen and oxygen atoms in total. The Morgan fingerprint density at radius 2 is 1.90 bits per heavy atom. The molecular formula is C17H24N2O2. The molecule has 2 amide bonds. The fourth-order valence-corrected chi connectivity index (χ4v) is 2.69. The molecule has 0 aromatic heterocycles. The van der Waals surface area contributed by atoms with Crippen molar-refractivity contribution < 1.29 is 9.59 Å². The minimum absolute atomic E-state index is 0.0457. The van der Waals surface area contributed by atoms with Crippen molar-refractivity contribution in [1.82, 2.24) is 10.2 Å². The summed E-state index contributed by atoms with van der Waals surface area (Å²) in [5.41, 5.74) is 0.591. The number of piperazine rings is 1. The number of benzene rings is 1. The van der Waals surface area contributed by atoms with E-state index in [0.29, 0.717) is 13.0 Å². The molecule has 1 fully saturated rings. The molecule has 0 saturated carbocycles. The highest BCUT2D eigenvalue weighted by Crippen LogP contribution is 2.18. The van der Waals surface area contributed by atoms with Gasteiger partial charge in [0.1, 0.15) is 5.54 Å². The average Bonchev–Trinajstić information content (AvgIpc) is 2.49. The highest BCUT2D eigenvalue weighted by molar-refractivity contribution is 5.97. The van der Waals surface area contributed by atoms with Gasteiger partial charge in [0.25, 0.3) is 0 Å². The zero-order valence-corrected chi connectivity index (χ0v) is 12.9. The summed E-state index contributed by atoms with van der Waals surface area (Å²) in [5.74, 6) is -0.00804. The lowest BCUT2D eigenvalue weighted by Gasteiger charge is -2.39. The third-order valence-corrected chi connectivity index (χ3v) is 4.20. The number of unbranched alkanes of at least 4 members (excludes halogenated alkanes) is 1. The van der Waals surface area contributed by atoms with Crippen molar-refractivity contribution in [2.24, 2.45) is 0 Å². The Morgan fingerprint density at radius 1 is 1.19 bits per heavy atom. The van der Waals surface area contributed by atoms with Crippen LogP contribution in [-0.4, -0.2) is 35.3 Å². The first-order valence-corrected chi connectivity index (χ1v) is 7.69. The number of hydrogen-bond donors (Lipinski definition) is 1. The van der Waals surface area contributed by atoms with E-state index in [2.05, 4.69) is 17.4 Å². The lowest BCUT2D eigenvalue weighted by Crippen LogP contribution is -2.65. The fraction of sp³-hybridized carbons (Fsp3) is 0.529. The van der Waals surface area contributed by atoms with Gasteiger partial charge in [-0.15, -0.1) is 0 Å². The van der Waals surface area contributed by atoms with Crippen LogP contribution < -0.4 is 5.32 Å². The maximum Gasteiger partial charge on any atom is 0.248 e. The molecule has 21 heavy (non-hydrogen) atoms. The Hall–Kier alpha value is -1.84. The summed E-state index contributed by atoms with van der Waals surface area (Å²) in [4.78, 5) is 25.8. The summed E-state index contributed by atoms with van der Waals surface area (Å²) in [5, 5.41) is 2.81. The first-order valence-electron chi connectivity index (χ1n) is 7.69. The van der Waals surface area contributed by atoms with Gasteiger partial charge in [-0.25, -0.2) is 0 Å². The Kier molecular flexibility index (Phi) is 4.99. The maximum atomic E-state index is 12.4. The van der Waals surface area contributed by atoms with Gasteiger partial charge in [0.15, 0.2) is 0 Å². The number of carbonyl (C=O) groups is 2. The second-order valence-electron chi connectivity index (χ2n) is 5.90. The van der Waals surface area contributed by atoms with Gasteiger partial charge in [-0.05, 0) is 38.2 Å². The minimum Gasteiger partial charge on any atom is -0.340 e. The maximum absolute atomic E-state index is 12.4. The molecule has 0 aliphatic carbocycles. The monoisotopic (exact) mass is 288 g/mol. The van der Waals surface area contributed by atoms with Crippen molar-refractivity contribution >= 4 is 11.8 Å². The first-order chi connectivity index (χ1) is 10.0. The van der Waals surface area contributed by atoms with E-state index in [-0.39, 0.29) is 18.4 Å². The van der Waals surface area contributed by atoms with Crippen LogP contribution >= 0.6 is 0 Å². The lowest BCUT2D eigenvalue weighted by molar-refractivity contribution is -0.149. The third-order valence-electron chi connectivity index (χ3n) is 4.20. The predicted octanol–water partition coefficient (Wildman–Crippen LogP) is 2.14. The van der Waals surface area contributed by atoms with E-state index < -0.39 is 5.54 Å². The molecule has 1 aliphatic heterocycles. The molecule has 1 saturated heterocycles. The third kappa shape index (κ3) is 3.84. The largest absolute Gasteiger partial charge is 0.340 e. The molecule has 4 heteroatoms. The molecule has 114 valence electrons. The molecule has 1 aromatic carbocycles. The van der Waals surface area contributed by atoms with E-state index in [9.17, 15) is 9.59 Å². The van der Waals surface area contributed by atoms with E-state index >= 15 is 0 Å². The van der Waals surface area contributed by atoms with Crippen molar-refractivity contribution in [3.63, 3.8) is 0 Å². The SMILES string of the molecule is CCC1(C)NC(=O)CN(CCCCc2ccccc2)C1=O. The van der Waals surface area contributed by atoms with Crippen LogP contribution in [0.3, 0.4) is 0 Å². The summed E-state index contributed by atoms with van der Waals surface area (Å²) in [6, 6.07) is 10.3. The zero-order valence-electron chi connectivity index (χ0n) is 12.9. The smallest absolute Gasteiger partial charge is 0.248 e. The average molecular weight is 288 g/mol. The van der Waals surface area contributed by atoms with Crippen LogP contribution in [0.2, 0.25) is 0 Å². The van der Waals surface area contributed by atoms with E-state index in [1.165, 1.54) is 5.56 Å². The van der Waals surface area contributed by atoms with Crippen molar-refractivity contribution in [2.75, 3.05) is 13.1 Å². The number of aryl methyl sites for hydroxylation is 1. The number of nitrogens with zero attached hydrogens (tertiary/aromatic N) is 1. The fourth-order valence-electron chi connectivity index (χ4n) is 2.69. The number of nitrogens with one attached hydrogen (secondary N) is 1. The lowest BCUT2D eigenvalue weighted by atomic mass is 9.94. The van der Waals surface area contributed by atoms with E-state index in [1.54, 1.807) is 4.90 Å². The molecule has 0 bridgehead atoms. The van der Waals surface area contributed by atoms with Gasteiger partial charge < -0.3 is 10.2 Å². The first kappa shape index (κ1) is 15.5. The normalized spacial score (nSPS) is 22.3. The molecule has 2 rings (SSSR count). The van der Waals surface area contributed by atoms with Gasteiger partial charge >= 0.3 is 0 Å². The second kappa shape index (κ2) is 6.74. The van der Waals surface area contributed by atoms with E-state index in [1.807, 2.05) is 32.0 Å². The van der Waals surface area contributed by atoms with Gasteiger partial charge in [-0.3, -0.25) is 9.59 Å². The predicted molar refractivity (Wildman–Crippen MR) is 82.8 cm³/mol. The summed E-state index contributed by atoms with van der Waals surface area (Å²) in [7, 11) is 0. The van der Waals surface area contributed by atoms with E-state index in [0.717, 1.165) is 19.3 Å². The number of hydrogen-bond acceptors (Lipinski definition) is 2. The topological polar surface area (TPSA) is 49.4 Å². The summed E-state index contributed by atoms with van der Waals surface area (Å²) < 4.78 is 0. The molecule has 1 aliphatic rings. The van der Waals surface area contributed by atoms with Crippen molar-refractivity contribution in [2.45, 2.75) is 45.1 Å². The highest BCUT2D eigenvalue weighted by atomic mass is 16.2. The van der Waals surface area contributed by atoms with Gasteiger partial charge in [0, 0.05) is 6.54 Å². The summed E-state index contributed by atoms with van der Waals surface area (Å²) in [6.07, 6.45) is 3.59. The molecule has 0 radical (unpaired) electrons. The quantitative estimate of drug-likeness (QED) is 0.815. The van der Waals surface area contributed by atoms with Crippen molar-refractivity contribution in [1.29, 1.82) is 0 Å². The number of amides is 2. The number of carbonyl (C=O) groups excluding carboxylic acids is 2. The van der Waals surface area contributed by atoms with Gasteiger partial charge in [0.2, 0.25) is 11.8 Å². The van der Waals surface area contributed by atoms with Crippen LogP contribution in [0.25, 0.3) is 0 Å². The summed E-state index contributed by atoms with van der Waals surface area (Å²) in [6.45, 7) is 4.59. The summed E-state index contributed by atoms with van der Waals surface area (Å²) >= 11 is 0. The second-order valence-corrected chi connectivity index (χ2v) is 5.90. The van der Waals surface area contributed by atoms with Crippen LogP contribution in [0, 0.1) is 0 Å². The Morgan fingerprint density at radius 3 is 2.57 bits per heavy atom. The van der Waals surface area contributed by atoms with Crippen molar-refractivity contribution in [3.05, 3.63) is 35.9 Å².